The number of aromatic nitrogens is 2. The third-order valence-electron chi connectivity index (χ3n) is 3.49. The first-order valence-corrected chi connectivity index (χ1v) is 6.88. The molecule has 0 saturated carbocycles. The van der Waals surface area contributed by atoms with Gasteiger partial charge in [-0.05, 0) is 36.8 Å². The number of aryl methyl sites for hydroxylation is 2. The molecule has 3 aromatic rings. The number of carbonyl (C=O) groups excluding carboxylic acids is 1. The molecular formula is C17H17N3O. The zero-order valence-corrected chi connectivity index (χ0v) is 12.1. The van der Waals surface area contributed by atoms with Gasteiger partial charge in [-0.25, -0.2) is 4.98 Å². The minimum absolute atomic E-state index is 0.0193. The van der Waals surface area contributed by atoms with E-state index in [4.69, 9.17) is 0 Å². The molecule has 2 aromatic carbocycles. The van der Waals surface area contributed by atoms with Gasteiger partial charge in [0.2, 0.25) is 5.91 Å². The summed E-state index contributed by atoms with van der Waals surface area (Å²) in [6, 6.07) is 13.7. The van der Waals surface area contributed by atoms with Crippen molar-refractivity contribution >= 4 is 22.6 Å². The van der Waals surface area contributed by atoms with Gasteiger partial charge in [-0.1, -0.05) is 23.8 Å². The Kier molecular flexibility index (Phi) is 3.44. The SMILES string of the molecule is Cc1ccc(NC(=O)Cc2ccc3c(c2)ncn3C)cc1. The fourth-order valence-corrected chi connectivity index (χ4v) is 2.32. The van der Waals surface area contributed by atoms with Crippen LogP contribution in [0.15, 0.2) is 48.8 Å². The number of anilines is 1. The molecule has 106 valence electrons. The maximum absolute atomic E-state index is 12.1. The summed E-state index contributed by atoms with van der Waals surface area (Å²) in [4.78, 5) is 16.4. The van der Waals surface area contributed by atoms with Crippen LogP contribution in [-0.2, 0) is 18.3 Å². The van der Waals surface area contributed by atoms with E-state index in [2.05, 4.69) is 10.3 Å². The Hall–Kier alpha value is -2.62. The number of fused-ring (bicyclic) bond motifs is 1. The molecule has 0 saturated heterocycles. The van der Waals surface area contributed by atoms with Gasteiger partial charge in [0.1, 0.15) is 0 Å². The van der Waals surface area contributed by atoms with Crippen molar-refractivity contribution in [1.82, 2.24) is 9.55 Å². The molecule has 0 aliphatic heterocycles. The van der Waals surface area contributed by atoms with Gasteiger partial charge in [0.05, 0.1) is 23.8 Å². The van der Waals surface area contributed by atoms with Crippen molar-refractivity contribution in [1.29, 1.82) is 0 Å². The Labute approximate surface area is 123 Å². The molecule has 4 heteroatoms. The van der Waals surface area contributed by atoms with Gasteiger partial charge in [0.25, 0.3) is 0 Å². The lowest BCUT2D eigenvalue weighted by Crippen LogP contribution is -2.14. The molecule has 4 nitrogen and oxygen atoms in total. The molecule has 21 heavy (non-hydrogen) atoms. The van der Waals surface area contributed by atoms with Crippen LogP contribution in [0.4, 0.5) is 5.69 Å². The Balaban J connectivity index is 1.72. The maximum atomic E-state index is 12.1. The van der Waals surface area contributed by atoms with Gasteiger partial charge in [0, 0.05) is 12.7 Å². The average Bonchev–Trinajstić information content (AvgIpc) is 2.82. The molecule has 0 aliphatic rings. The molecular weight excluding hydrogens is 262 g/mol. The van der Waals surface area contributed by atoms with Crippen molar-refractivity contribution in [3.63, 3.8) is 0 Å². The van der Waals surface area contributed by atoms with Crippen molar-refractivity contribution < 1.29 is 4.79 Å². The lowest BCUT2D eigenvalue weighted by Gasteiger charge is -2.06. The first-order chi connectivity index (χ1) is 10.1. The van der Waals surface area contributed by atoms with E-state index >= 15 is 0 Å². The number of carbonyl (C=O) groups is 1. The molecule has 3 rings (SSSR count). The Morgan fingerprint density at radius 2 is 1.95 bits per heavy atom. The normalized spacial score (nSPS) is 10.8. The van der Waals surface area contributed by atoms with Gasteiger partial charge in [-0.2, -0.15) is 0 Å². The molecule has 0 bridgehead atoms. The van der Waals surface area contributed by atoms with E-state index in [0.29, 0.717) is 6.42 Å². The van der Waals surface area contributed by atoms with Crippen LogP contribution < -0.4 is 5.32 Å². The van der Waals surface area contributed by atoms with Crippen LogP contribution >= 0.6 is 0 Å². The van der Waals surface area contributed by atoms with Crippen LogP contribution in [-0.4, -0.2) is 15.5 Å². The number of hydrogen-bond donors (Lipinski definition) is 1. The topological polar surface area (TPSA) is 46.9 Å². The summed E-state index contributed by atoms with van der Waals surface area (Å²) in [7, 11) is 1.96. The fraction of sp³-hybridized carbons (Fsp3) is 0.176. The zero-order valence-electron chi connectivity index (χ0n) is 12.1. The van der Waals surface area contributed by atoms with Crippen molar-refractivity contribution in [2.24, 2.45) is 7.05 Å². The third kappa shape index (κ3) is 2.94. The molecule has 1 N–H and O–H groups in total. The molecule has 0 fully saturated rings. The van der Waals surface area contributed by atoms with E-state index in [-0.39, 0.29) is 5.91 Å². The van der Waals surface area contributed by atoms with Gasteiger partial charge >= 0.3 is 0 Å². The van der Waals surface area contributed by atoms with Crippen molar-refractivity contribution in [2.45, 2.75) is 13.3 Å². The molecule has 0 aliphatic carbocycles. The number of nitrogens with one attached hydrogen (secondary N) is 1. The van der Waals surface area contributed by atoms with E-state index in [1.54, 1.807) is 6.33 Å². The summed E-state index contributed by atoms with van der Waals surface area (Å²) >= 11 is 0. The highest BCUT2D eigenvalue weighted by molar-refractivity contribution is 5.92. The molecule has 1 heterocycles. The largest absolute Gasteiger partial charge is 0.334 e. The second-order valence-electron chi connectivity index (χ2n) is 5.27. The summed E-state index contributed by atoms with van der Waals surface area (Å²) in [5.74, 6) is -0.0193. The minimum atomic E-state index is -0.0193. The van der Waals surface area contributed by atoms with Crippen LogP contribution in [0.2, 0.25) is 0 Å². The highest BCUT2D eigenvalue weighted by Crippen LogP contribution is 2.15. The fourth-order valence-electron chi connectivity index (χ4n) is 2.32. The zero-order chi connectivity index (χ0) is 14.8. The van der Waals surface area contributed by atoms with E-state index in [1.165, 1.54) is 5.56 Å². The number of amides is 1. The monoisotopic (exact) mass is 279 g/mol. The average molecular weight is 279 g/mol. The summed E-state index contributed by atoms with van der Waals surface area (Å²) in [5.41, 5.74) is 4.94. The standard InChI is InChI=1S/C17H17N3O/c1-12-3-6-14(7-4-12)19-17(21)10-13-5-8-16-15(9-13)18-11-20(16)2/h3-9,11H,10H2,1-2H3,(H,19,21). The van der Waals surface area contributed by atoms with Crippen LogP contribution in [0.5, 0.6) is 0 Å². The van der Waals surface area contributed by atoms with Crippen LogP contribution in [0.3, 0.4) is 0 Å². The van der Waals surface area contributed by atoms with Gasteiger partial charge < -0.3 is 9.88 Å². The number of nitrogens with zero attached hydrogens (tertiary/aromatic N) is 2. The molecule has 0 unspecified atom stereocenters. The smallest absolute Gasteiger partial charge is 0.228 e. The second kappa shape index (κ2) is 5.40. The number of imidazole rings is 1. The number of hydrogen-bond acceptors (Lipinski definition) is 2. The van der Waals surface area contributed by atoms with Crippen LogP contribution in [0.1, 0.15) is 11.1 Å². The quantitative estimate of drug-likeness (QED) is 0.801. The summed E-state index contributed by atoms with van der Waals surface area (Å²) in [6.07, 6.45) is 2.13. The molecule has 0 radical (unpaired) electrons. The van der Waals surface area contributed by atoms with E-state index in [0.717, 1.165) is 22.3 Å². The first kappa shape index (κ1) is 13.4. The highest BCUT2D eigenvalue weighted by Gasteiger charge is 2.06. The highest BCUT2D eigenvalue weighted by atomic mass is 16.1. The van der Waals surface area contributed by atoms with E-state index < -0.39 is 0 Å². The molecule has 1 amide bonds. The predicted octanol–water partition coefficient (Wildman–Crippen LogP) is 3.06. The minimum Gasteiger partial charge on any atom is -0.334 e. The van der Waals surface area contributed by atoms with Crippen molar-refractivity contribution in [3.8, 4) is 0 Å². The maximum Gasteiger partial charge on any atom is 0.228 e. The Morgan fingerprint density at radius 1 is 1.19 bits per heavy atom. The van der Waals surface area contributed by atoms with Crippen LogP contribution in [0.25, 0.3) is 11.0 Å². The van der Waals surface area contributed by atoms with Gasteiger partial charge in [-0.3, -0.25) is 4.79 Å². The van der Waals surface area contributed by atoms with Crippen molar-refractivity contribution in [3.05, 3.63) is 59.9 Å². The third-order valence-corrected chi connectivity index (χ3v) is 3.49. The van der Waals surface area contributed by atoms with Crippen molar-refractivity contribution in [2.75, 3.05) is 5.32 Å². The number of benzene rings is 2. The van der Waals surface area contributed by atoms with Gasteiger partial charge in [-0.15, -0.1) is 0 Å². The second-order valence-corrected chi connectivity index (χ2v) is 5.27. The number of rotatable bonds is 3. The summed E-state index contributed by atoms with van der Waals surface area (Å²) in [6.45, 7) is 2.02. The van der Waals surface area contributed by atoms with E-state index in [1.807, 2.05) is 61.0 Å². The van der Waals surface area contributed by atoms with Gasteiger partial charge in [0.15, 0.2) is 0 Å². The lowest BCUT2D eigenvalue weighted by atomic mass is 10.1. The lowest BCUT2D eigenvalue weighted by molar-refractivity contribution is -0.115. The predicted molar refractivity (Wildman–Crippen MR) is 84.2 cm³/mol. The summed E-state index contributed by atoms with van der Waals surface area (Å²) in [5, 5.41) is 2.91. The van der Waals surface area contributed by atoms with E-state index in [9.17, 15) is 4.79 Å². The summed E-state index contributed by atoms with van der Waals surface area (Å²) < 4.78 is 1.96. The van der Waals surface area contributed by atoms with Crippen LogP contribution in [0, 0.1) is 6.92 Å². The molecule has 0 atom stereocenters. The molecule has 0 spiro atoms. The Morgan fingerprint density at radius 3 is 2.71 bits per heavy atom. The first-order valence-electron chi connectivity index (χ1n) is 6.88. The Bertz CT molecular complexity index is 787. The molecule has 1 aromatic heterocycles.